The molecular formula is C12H16N2O5. The number of aromatic carboxylic acids is 1. The van der Waals surface area contributed by atoms with Gasteiger partial charge in [0, 0.05) is 6.54 Å². The summed E-state index contributed by atoms with van der Waals surface area (Å²) < 4.78 is 5.29. The van der Waals surface area contributed by atoms with Crippen molar-refractivity contribution < 1.29 is 19.6 Å². The van der Waals surface area contributed by atoms with E-state index in [1.807, 2.05) is 13.8 Å². The first-order chi connectivity index (χ1) is 8.93. The minimum absolute atomic E-state index is 0.0714. The molecule has 1 aromatic carbocycles. The van der Waals surface area contributed by atoms with Crippen molar-refractivity contribution in [3.63, 3.8) is 0 Å². The van der Waals surface area contributed by atoms with E-state index >= 15 is 0 Å². The van der Waals surface area contributed by atoms with Crippen LogP contribution >= 0.6 is 0 Å². The first-order valence-corrected chi connectivity index (χ1v) is 5.79. The molecule has 0 fully saturated rings. The highest BCUT2D eigenvalue weighted by Crippen LogP contribution is 2.28. The van der Waals surface area contributed by atoms with E-state index in [-0.39, 0.29) is 17.4 Å². The van der Waals surface area contributed by atoms with E-state index in [0.29, 0.717) is 13.2 Å². The zero-order valence-electron chi connectivity index (χ0n) is 10.8. The molecule has 104 valence electrons. The normalized spacial score (nSPS) is 10.5. The number of nitro groups is 1. The number of anilines is 1. The number of benzene rings is 1. The van der Waals surface area contributed by atoms with Crippen molar-refractivity contribution in [3.05, 3.63) is 33.9 Å². The highest BCUT2D eigenvalue weighted by atomic mass is 16.6. The van der Waals surface area contributed by atoms with Crippen LogP contribution in [0.4, 0.5) is 11.4 Å². The second kappa shape index (κ2) is 6.69. The average molecular weight is 268 g/mol. The van der Waals surface area contributed by atoms with Crippen LogP contribution in [-0.4, -0.2) is 35.3 Å². The van der Waals surface area contributed by atoms with Gasteiger partial charge in [0.05, 0.1) is 17.6 Å². The Labute approximate surface area is 110 Å². The number of nitrogens with zero attached hydrogens (tertiary/aromatic N) is 1. The summed E-state index contributed by atoms with van der Waals surface area (Å²) in [4.78, 5) is 21.2. The second-order valence-electron chi connectivity index (χ2n) is 4.11. The highest BCUT2D eigenvalue weighted by Gasteiger charge is 2.23. The largest absolute Gasteiger partial charge is 0.477 e. The lowest BCUT2D eigenvalue weighted by atomic mass is 10.1. The quantitative estimate of drug-likeness (QED) is 0.446. The molecule has 0 aliphatic heterocycles. The summed E-state index contributed by atoms with van der Waals surface area (Å²) in [5.41, 5.74) is -0.586. The summed E-state index contributed by atoms with van der Waals surface area (Å²) >= 11 is 0. The molecule has 7 heteroatoms. The van der Waals surface area contributed by atoms with E-state index in [0.717, 1.165) is 0 Å². The van der Waals surface area contributed by atoms with Crippen LogP contribution in [0.25, 0.3) is 0 Å². The van der Waals surface area contributed by atoms with Crippen LogP contribution in [0.2, 0.25) is 0 Å². The number of rotatable bonds is 7. The number of nitro benzene ring substituents is 1. The van der Waals surface area contributed by atoms with Crippen molar-refractivity contribution in [1.82, 2.24) is 0 Å². The molecule has 0 bridgehead atoms. The third kappa shape index (κ3) is 4.22. The van der Waals surface area contributed by atoms with Gasteiger partial charge in [-0.25, -0.2) is 4.79 Å². The summed E-state index contributed by atoms with van der Waals surface area (Å²) in [6.45, 7) is 4.51. The van der Waals surface area contributed by atoms with Gasteiger partial charge in [-0.15, -0.1) is 0 Å². The fraction of sp³-hybridized carbons (Fsp3) is 0.417. The highest BCUT2D eigenvalue weighted by molar-refractivity contribution is 5.95. The summed E-state index contributed by atoms with van der Waals surface area (Å²) in [6.07, 6.45) is 0.0714. The van der Waals surface area contributed by atoms with Crippen LogP contribution in [0.15, 0.2) is 18.2 Å². The van der Waals surface area contributed by atoms with Gasteiger partial charge in [0.25, 0.3) is 0 Å². The fourth-order valence-corrected chi connectivity index (χ4v) is 1.54. The van der Waals surface area contributed by atoms with Gasteiger partial charge in [-0.1, -0.05) is 6.07 Å². The van der Waals surface area contributed by atoms with Crippen LogP contribution in [0, 0.1) is 10.1 Å². The summed E-state index contributed by atoms with van der Waals surface area (Å²) in [5.74, 6) is -1.33. The predicted octanol–water partition coefficient (Wildman–Crippen LogP) is 2.13. The minimum Gasteiger partial charge on any atom is -0.477 e. The number of para-hydroxylation sites is 1. The van der Waals surface area contributed by atoms with Gasteiger partial charge in [-0.3, -0.25) is 10.1 Å². The molecule has 19 heavy (non-hydrogen) atoms. The Morgan fingerprint density at radius 2 is 2.21 bits per heavy atom. The number of carbonyl (C=O) groups is 1. The first-order valence-electron chi connectivity index (χ1n) is 5.79. The van der Waals surface area contributed by atoms with Crippen molar-refractivity contribution in [2.24, 2.45) is 0 Å². The lowest BCUT2D eigenvalue weighted by molar-refractivity contribution is -0.384. The molecule has 0 aliphatic rings. The van der Waals surface area contributed by atoms with Gasteiger partial charge in [0.2, 0.25) is 0 Å². The Balaban J connectivity index is 2.85. The number of nitrogens with one attached hydrogen (secondary N) is 1. The van der Waals surface area contributed by atoms with Crippen molar-refractivity contribution in [1.29, 1.82) is 0 Å². The van der Waals surface area contributed by atoms with Gasteiger partial charge in [-0.05, 0) is 26.0 Å². The van der Waals surface area contributed by atoms with Crippen molar-refractivity contribution in [2.45, 2.75) is 20.0 Å². The number of ether oxygens (including phenoxy) is 1. The maximum atomic E-state index is 11.0. The smallest absolute Gasteiger partial charge is 0.342 e. The molecule has 0 saturated heterocycles. The monoisotopic (exact) mass is 268 g/mol. The maximum absolute atomic E-state index is 11.0. The third-order valence-corrected chi connectivity index (χ3v) is 2.32. The van der Waals surface area contributed by atoms with E-state index in [4.69, 9.17) is 9.84 Å². The third-order valence-electron chi connectivity index (χ3n) is 2.32. The molecule has 0 amide bonds. The van der Waals surface area contributed by atoms with E-state index < -0.39 is 16.6 Å². The molecule has 7 nitrogen and oxygen atoms in total. The molecule has 1 rings (SSSR count). The molecule has 0 radical (unpaired) electrons. The topological polar surface area (TPSA) is 102 Å². The molecule has 0 saturated carbocycles. The van der Waals surface area contributed by atoms with Gasteiger partial charge in [0.15, 0.2) is 0 Å². The SMILES string of the molecule is CC(C)OCCNc1cccc(C(=O)O)c1[N+](=O)[O-]. The lowest BCUT2D eigenvalue weighted by Crippen LogP contribution is -2.14. The summed E-state index contributed by atoms with van der Waals surface area (Å²) in [6, 6.07) is 4.14. The van der Waals surface area contributed by atoms with Gasteiger partial charge < -0.3 is 15.2 Å². The van der Waals surface area contributed by atoms with E-state index in [1.165, 1.54) is 18.2 Å². The molecule has 0 atom stereocenters. The molecular weight excluding hydrogens is 252 g/mol. The van der Waals surface area contributed by atoms with Crippen LogP contribution in [-0.2, 0) is 4.74 Å². The van der Waals surface area contributed by atoms with Crippen LogP contribution in [0.1, 0.15) is 24.2 Å². The molecule has 0 aliphatic carbocycles. The molecule has 0 aromatic heterocycles. The number of carboxylic acids is 1. The van der Waals surface area contributed by atoms with Crippen molar-refractivity contribution >= 4 is 17.3 Å². The zero-order valence-corrected chi connectivity index (χ0v) is 10.8. The maximum Gasteiger partial charge on any atom is 0.342 e. The molecule has 1 aromatic rings. The first kappa shape index (κ1) is 14.9. The predicted molar refractivity (Wildman–Crippen MR) is 69.6 cm³/mol. The Morgan fingerprint density at radius 3 is 2.74 bits per heavy atom. The van der Waals surface area contributed by atoms with Crippen molar-refractivity contribution in [3.8, 4) is 0 Å². The standard InChI is InChI=1S/C12H16N2O5/c1-8(2)19-7-6-13-10-5-3-4-9(12(15)16)11(10)14(17)18/h3-5,8,13H,6-7H2,1-2H3,(H,15,16). The van der Waals surface area contributed by atoms with Crippen LogP contribution in [0.3, 0.4) is 0 Å². The van der Waals surface area contributed by atoms with E-state index in [1.54, 1.807) is 0 Å². The van der Waals surface area contributed by atoms with Crippen molar-refractivity contribution in [2.75, 3.05) is 18.5 Å². The number of hydrogen-bond acceptors (Lipinski definition) is 5. The molecule has 0 heterocycles. The fourth-order valence-electron chi connectivity index (χ4n) is 1.54. The molecule has 0 unspecified atom stereocenters. The zero-order chi connectivity index (χ0) is 14.4. The average Bonchev–Trinajstić information content (AvgIpc) is 2.33. The minimum atomic E-state index is -1.33. The second-order valence-corrected chi connectivity index (χ2v) is 4.11. The summed E-state index contributed by atoms with van der Waals surface area (Å²) in [5, 5.41) is 22.7. The Kier molecular flexibility index (Phi) is 5.25. The van der Waals surface area contributed by atoms with Crippen LogP contribution in [0.5, 0.6) is 0 Å². The Bertz CT molecular complexity index is 473. The van der Waals surface area contributed by atoms with Gasteiger partial charge >= 0.3 is 11.7 Å². The van der Waals surface area contributed by atoms with E-state index in [2.05, 4.69) is 5.32 Å². The van der Waals surface area contributed by atoms with E-state index in [9.17, 15) is 14.9 Å². The Hall–Kier alpha value is -2.15. The lowest BCUT2D eigenvalue weighted by Gasteiger charge is -2.10. The molecule has 2 N–H and O–H groups in total. The van der Waals surface area contributed by atoms with Gasteiger partial charge in [-0.2, -0.15) is 0 Å². The van der Waals surface area contributed by atoms with Crippen LogP contribution < -0.4 is 5.32 Å². The van der Waals surface area contributed by atoms with Gasteiger partial charge in [0.1, 0.15) is 11.3 Å². The Morgan fingerprint density at radius 1 is 1.53 bits per heavy atom. The summed E-state index contributed by atoms with van der Waals surface area (Å²) in [7, 11) is 0. The number of hydrogen-bond donors (Lipinski definition) is 2. The number of carboxylic acid groups (broad SMARTS) is 1. The molecule has 0 spiro atoms.